The van der Waals surface area contributed by atoms with Gasteiger partial charge in [-0.1, -0.05) is 0 Å². The van der Waals surface area contributed by atoms with Gasteiger partial charge < -0.3 is 21.1 Å². The van der Waals surface area contributed by atoms with E-state index < -0.39 is 29.8 Å². The second-order valence-corrected chi connectivity index (χ2v) is 1.73. The zero-order chi connectivity index (χ0) is 12.6. The Morgan fingerprint density at radius 2 is 1.13 bits per heavy atom. The predicted molar refractivity (Wildman–Crippen MR) is 40.6 cm³/mol. The number of carbonyl (C=O) groups excluding carboxylic acids is 2. The van der Waals surface area contributed by atoms with Crippen LogP contribution in [-0.2, 0) is 19.2 Å². The lowest BCUT2D eigenvalue weighted by Crippen LogP contribution is -2.39. The average molecular weight is 222 g/mol. The van der Waals surface area contributed by atoms with Crippen molar-refractivity contribution >= 4 is 29.8 Å². The Kier molecular flexibility index (Phi) is 6.75. The Bertz CT molecular complexity index is 296. The van der Waals surface area contributed by atoms with Crippen molar-refractivity contribution in [2.45, 2.75) is 0 Å². The molecule has 10 heteroatoms. The summed E-state index contributed by atoms with van der Waals surface area (Å²) >= 11 is 0. The molecule has 0 aliphatic carbocycles. The summed E-state index contributed by atoms with van der Waals surface area (Å²) in [4.78, 5) is 47.5. The van der Waals surface area contributed by atoms with Crippen molar-refractivity contribution in [3.63, 3.8) is 0 Å². The Morgan fingerprint density at radius 1 is 0.800 bits per heavy atom. The maximum Gasteiger partial charge on any atom is 0.414 e. The second kappa shape index (κ2) is 6.82. The van der Waals surface area contributed by atoms with Crippen LogP contribution in [0.2, 0.25) is 0 Å². The standard InChI is InChI=1S/C3H4N2O4.C2H2O4/c4-3(9)5-1(6)2(7)8;3-1(4)2(5)6/h(H,7,8)(H3,4,5,6,9);(H,3,4)(H,5,6). The van der Waals surface area contributed by atoms with E-state index in [1.165, 1.54) is 5.32 Å². The van der Waals surface area contributed by atoms with E-state index in [1.807, 2.05) is 0 Å². The average Bonchev–Trinajstić information content (AvgIpc) is 2.03. The van der Waals surface area contributed by atoms with Gasteiger partial charge >= 0.3 is 29.8 Å². The molecule has 0 saturated carbocycles. The molecule has 0 radical (unpaired) electrons. The van der Waals surface area contributed by atoms with Crippen LogP contribution in [0.1, 0.15) is 0 Å². The highest BCUT2D eigenvalue weighted by molar-refractivity contribution is 6.34. The van der Waals surface area contributed by atoms with Crippen molar-refractivity contribution in [2.24, 2.45) is 5.73 Å². The first kappa shape index (κ1) is 14.9. The first-order valence-corrected chi connectivity index (χ1v) is 2.98. The molecule has 0 rings (SSSR count). The highest BCUT2D eigenvalue weighted by atomic mass is 16.4. The van der Waals surface area contributed by atoms with Crippen molar-refractivity contribution in [2.75, 3.05) is 0 Å². The summed E-state index contributed by atoms with van der Waals surface area (Å²) in [5, 5.41) is 23.9. The number of nitrogens with two attached hydrogens (primary N) is 1. The van der Waals surface area contributed by atoms with Crippen LogP contribution in [-0.4, -0.2) is 45.2 Å². The van der Waals surface area contributed by atoms with E-state index in [-0.39, 0.29) is 0 Å². The maximum absolute atomic E-state index is 9.94. The molecule has 6 N–H and O–H groups in total. The second-order valence-electron chi connectivity index (χ2n) is 1.73. The van der Waals surface area contributed by atoms with Gasteiger partial charge in [0.2, 0.25) is 0 Å². The van der Waals surface area contributed by atoms with E-state index in [4.69, 9.17) is 24.9 Å². The van der Waals surface area contributed by atoms with Crippen molar-refractivity contribution in [3.8, 4) is 0 Å². The van der Waals surface area contributed by atoms with E-state index >= 15 is 0 Å². The third-order valence-corrected chi connectivity index (χ3v) is 0.614. The monoisotopic (exact) mass is 222 g/mol. The number of primary amides is 1. The fourth-order valence-corrected chi connectivity index (χ4v) is 0.165. The lowest BCUT2D eigenvalue weighted by molar-refractivity contribution is -0.159. The van der Waals surface area contributed by atoms with Crippen LogP contribution in [0.3, 0.4) is 0 Å². The molecule has 0 fully saturated rings. The van der Waals surface area contributed by atoms with Gasteiger partial charge in [0.05, 0.1) is 0 Å². The smallest absolute Gasteiger partial charge is 0.414 e. The normalized spacial score (nSPS) is 7.73. The van der Waals surface area contributed by atoms with Crippen LogP contribution in [0.15, 0.2) is 0 Å². The van der Waals surface area contributed by atoms with Gasteiger partial charge in [0.15, 0.2) is 0 Å². The minimum Gasteiger partial charge on any atom is -0.474 e. The largest absolute Gasteiger partial charge is 0.474 e. The number of urea groups is 1. The van der Waals surface area contributed by atoms with Crippen LogP contribution in [0.4, 0.5) is 4.79 Å². The number of amides is 3. The SMILES string of the molecule is NC(=O)NC(=O)C(=O)O.O=C(O)C(=O)O. The topological polar surface area (TPSA) is 184 Å². The Balaban J connectivity index is 0. The van der Waals surface area contributed by atoms with E-state index in [9.17, 15) is 14.4 Å². The molecule has 0 aromatic carbocycles. The molecule has 0 aromatic heterocycles. The third kappa shape index (κ3) is 11.3. The zero-order valence-electron chi connectivity index (χ0n) is 6.96. The van der Waals surface area contributed by atoms with Gasteiger partial charge in [0.25, 0.3) is 0 Å². The van der Waals surface area contributed by atoms with E-state index in [1.54, 1.807) is 0 Å². The van der Waals surface area contributed by atoms with Gasteiger partial charge in [-0.05, 0) is 0 Å². The van der Waals surface area contributed by atoms with Gasteiger partial charge in [-0.15, -0.1) is 0 Å². The molecule has 0 unspecified atom stereocenters. The first-order chi connectivity index (χ1) is 6.68. The van der Waals surface area contributed by atoms with Crippen molar-refractivity contribution in [1.82, 2.24) is 5.32 Å². The fraction of sp³-hybridized carbons (Fsp3) is 0. The summed E-state index contributed by atoms with van der Waals surface area (Å²) in [5.41, 5.74) is 4.40. The number of carboxylic acids is 3. The first-order valence-electron chi connectivity index (χ1n) is 2.98. The van der Waals surface area contributed by atoms with E-state index in [2.05, 4.69) is 5.73 Å². The highest BCUT2D eigenvalue weighted by Gasteiger charge is 2.11. The third-order valence-electron chi connectivity index (χ3n) is 0.614. The molecule has 0 aliphatic rings. The molecule has 10 nitrogen and oxygen atoms in total. The summed E-state index contributed by atoms with van der Waals surface area (Å²) in [6.07, 6.45) is 0. The van der Waals surface area contributed by atoms with Crippen LogP contribution < -0.4 is 11.1 Å². The summed E-state index contributed by atoms with van der Waals surface area (Å²) < 4.78 is 0. The van der Waals surface area contributed by atoms with Crippen LogP contribution in [0, 0.1) is 0 Å². The molecule has 0 heterocycles. The molecule has 0 bridgehead atoms. The van der Waals surface area contributed by atoms with Gasteiger partial charge in [0.1, 0.15) is 0 Å². The number of carbonyl (C=O) groups is 5. The van der Waals surface area contributed by atoms with Crippen LogP contribution in [0.5, 0.6) is 0 Å². The van der Waals surface area contributed by atoms with Crippen molar-refractivity contribution in [1.29, 1.82) is 0 Å². The Morgan fingerprint density at radius 3 is 1.20 bits per heavy atom. The summed E-state index contributed by atoms with van der Waals surface area (Å²) in [6, 6.07) is -1.18. The predicted octanol–water partition coefficient (Wildman–Crippen LogP) is -2.58. The van der Waals surface area contributed by atoms with Gasteiger partial charge in [-0.25, -0.2) is 19.2 Å². The molecule has 15 heavy (non-hydrogen) atoms. The molecule has 0 aliphatic heterocycles. The maximum atomic E-state index is 9.94. The minimum absolute atomic E-state index is 1.18. The Labute approximate surface area is 81.3 Å². The summed E-state index contributed by atoms with van der Waals surface area (Å²) in [6.45, 7) is 0. The molecule has 0 spiro atoms. The molecular weight excluding hydrogens is 216 g/mol. The van der Waals surface area contributed by atoms with E-state index in [0.29, 0.717) is 0 Å². The number of imide groups is 1. The lowest BCUT2D eigenvalue weighted by atomic mass is 10.6. The molecular formula is C5H6N2O8. The van der Waals surface area contributed by atoms with Crippen molar-refractivity contribution in [3.05, 3.63) is 0 Å². The molecule has 0 aromatic rings. The molecule has 84 valence electrons. The number of aliphatic carboxylic acids is 3. The van der Waals surface area contributed by atoms with Crippen LogP contribution in [0.25, 0.3) is 0 Å². The fourth-order valence-electron chi connectivity index (χ4n) is 0.165. The van der Waals surface area contributed by atoms with E-state index in [0.717, 1.165) is 0 Å². The number of rotatable bonds is 0. The quantitative estimate of drug-likeness (QED) is 0.276. The highest BCUT2D eigenvalue weighted by Crippen LogP contribution is 1.63. The lowest BCUT2D eigenvalue weighted by Gasteiger charge is -1.90. The van der Waals surface area contributed by atoms with Crippen LogP contribution >= 0.6 is 0 Å². The van der Waals surface area contributed by atoms with Gasteiger partial charge in [-0.3, -0.25) is 10.1 Å². The number of hydrogen-bond acceptors (Lipinski definition) is 5. The minimum atomic E-state index is -1.82. The molecule has 0 atom stereocenters. The number of nitrogens with one attached hydrogen (secondary N) is 1. The zero-order valence-corrected chi connectivity index (χ0v) is 6.96. The molecule has 3 amide bonds. The van der Waals surface area contributed by atoms with Gasteiger partial charge in [-0.2, -0.15) is 0 Å². The summed E-state index contributed by atoms with van der Waals surface area (Å²) in [5.74, 6) is -6.82. The van der Waals surface area contributed by atoms with Crippen molar-refractivity contribution < 1.29 is 39.3 Å². The van der Waals surface area contributed by atoms with Gasteiger partial charge in [0, 0.05) is 0 Å². The Hall–Kier alpha value is -2.65. The number of hydrogen-bond donors (Lipinski definition) is 5. The summed E-state index contributed by atoms with van der Waals surface area (Å²) in [7, 11) is 0. The molecule has 0 saturated heterocycles. The number of carboxylic acid groups (broad SMARTS) is 3.